The van der Waals surface area contributed by atoms with E-state index in [4.69, 9.17) is 4.74 Å². The fraction of sp³-hybridized carbons (Fsp3) is 0.214. The van der Waals surface area contributed by atoms with Gasteiger partial charge in [0.2, 0.25) is 5.88 Å². The minimum absolute atomic E-state index is 0.0690. The van der Waals surface area contributed by atoms with Crippen LogP contribution in [0.15, 0.2) is 36.4 Å². The molecule has 0 aliphatic heterocycles. The molecule has 0 aliphatic carbocycles. The first kappa shape index (κ1) is 13.0. The summed E-state index contributed by atoms with van der Waals surface area (Å²) in [6, 6.07) is 10.5. The molecule has 5 heteroatoms. The molecule has 0 N–H and O–H groups in total. The zero-order valence-electron chi connectivity index (χ0n) is 11.1. The van der Waals surface area contributed by atoms with Crippen molar-refractivity contribution in [1.29, 1.82) is 0 Å². The van der Waals surface area contributed by atoms with Crippen LogP contribution in [0, 0.1) is 6.92 Å². The topological polar surface area (TPSA) is 55.3 Å². The molecule has 2 aromatic rings. The molecule has 0 radical (unpaired) electrons. The lowest BCUT2D eigenvalue weighted by Crippen LogP contribution is -2.21. The smallest absolute Gasteiger partial charge is 0.253 e. The van der Waals surface area contributed by atoms with Gasteiger partial charge >= 0.3 is 0 Å². The Hall–Kier alpha value is -2.43. The van der Waals surface area contributed by atoms with Gasteiger partial charge < -0.3 is 9.64 Å². The molecule has 98 valence electrons. The highest BCUT2D eigenvalue weighted by atomic mass is 16.5. The number of carbonyl (C=O) groups is 1. The first-order chi connectivity index (χ1) is 9.06. The Morgan fingerprint density at radius 1 is 1.16 bits per heavy atom. The fourth-order valence-corrected chi connectivity index (χ4v) is 1.51. The highest BCUT2D eigenvalue weighted by molar-refractivity contribution is 5.94. The number of aromatic nitrogens is 2. The molecule has 1 amide bonds. The van der Waals surface area contributed by atoms with E-state index in [1.807, 2.05) is 13.0 Å². The number of aryl methyl sites for hydroxylation is 1. The van der Waals surface area contributed by atoms with E-state index in [-0.39, 0.29) is 5.91 Å². The maximum atomic E-state index is 11.8. The van der Waals surface area contributed by atoms with E-state index in [0.29, 0.717) is 17.2 Å². The summed E-state index contributed by atoms with van der Waals surface area (Å²) in [5, 5.41) is 7.83. The normalized spacial score (nSPS) is 10.1. The van der Waals surface area contributed by atoms with Gasteiger partial charge in [0.1, 0.15) is 5.75 Å². The van der Waals surface area contributed by atoms with E-state index in [1.54, 1.807) is 44.4 Å². The van der Waals surface area contributed by atoms with E-state index in [9.17, 15) is 4.79 Å². The Kier molecular flexibility index (Phi) is 3.75. The molecule has 0 atom stereocenters. The molecule has 5 nitrogen and oxygen atoms in total. The van der Waals surface area contributed by atoms with Crippen molar-refractivity contribution in [2.24, 2.45) is 0 Å². The quantitative estimate of drug-likeness (QED) is 0.846. The van der Waals surface area contributed by atoms with Crippen molar-refractivity contribution >= 4 is 5.91 Å². The molecule has 0 saturated carbocycles. The predicted octanol–water partition coefficient (Wildman–Crippen LogP) is 2.28. The van der Waals surface area contributed by atoms with Gasteiger partial charge in [-0.25, -0.2) is 0 Å². The molecule has 1 aromatic carbocycles. The van der Waals surface area contributed by atoms with E-state index in [0.717, 1.165) is 5.69 Å². The minimum Gasteiger partial charge on any atom is -0.438 e. The van der Waals surface area contributed by atoms with E-state index < -0.39 is 0 Å². The number of ether oxygens (including phenoxy) is 1. The summed E-state index contributed by atoms with van der Waals surface area (Å²) in [5.74, 6) is 0.895. The monoisotopic (exact) mass is 257 g/mol. The molecule has 2 rings (SSSR count). The number of rotatable bonds is 3. The molecule has 19 heavy (non-hydrogen) atoms. The van der Waals surface area contributed by atoms with Crippen LogP contribution in [0.1, 0.15) is 16.1 Å². The number of carbonyl (C=O) groups excluding carboxylic acids is 1. The van der Waals surface area contributed by atoms with Crippen molar-refractivity contribution in [1.82, 2.24) is 15.1 Å². The van der Waals surface area contributed by atoms with E-state index in [1.165, 1.54) is 4.90 Å². The summed E-state index contributed by atoms with van der Waals surface area (Å²) >= 11 is 0. The summed E-state index contributed by atoms with van der Waals surface area (Å²) in [4.78, 5) is 13.4. The summed E-state index contributed by atoms with van der Waals surface area (Å²) in [5.41, 5.74) is 1.39. The Balaban J connectivity index is 2.19. The van der Waals surface area contributed by atoms with Crippen molar-refractivity contribution in [3.63, 3.8) is 0 Å². The zero-order valence-corrected chi connectivity index (χ0v) is 11.1. The van der Waals surface area contributed by atoms with Gasteiger partial charge in [0, 0.05) is 25.7 Å². The van der Waals surface area contributed by atoms with Crippen LogP contribution < -0.4 is 4.74 Å². The lowest BCUT2D eigenvalue weighted by Gasteiger charge is -2.11. The maximum Gasteiger partial charge on any atom is 0.253 e. The molecule has 1 aromatic heterocycles. The molecular formula is C14H15N3O2. The fourth-order valence-electron chi connectivity index (χ4n) is 1.51. The number of hydrogen-bond donors (Lipinski definition) is 0. The lowest BCUT2D eigenvalue weighted by molar-refractivity contribution is 0.0827. The Morgan fingerprint density at radius 2 is 1.95 bits per heavy atom. The Labute approximate surface area is 111 Å². The van der Waals surface area contributed by atoms with Crippen molar-refractivity contribution in [2.45, 2.75) is 6.92 Å². The van der Waals surface area contributed by atoms with Crippen molar-refractivity contribution in [3.8, 4) is 11.6 Å². The van der Waals surface area contributed by atoms with Gasteiger partial charge in [0.05, 0.1) is 5.69 Å². The van der Waals surface area contributed by atoms with Crippen molar-refractivity contribution < 1.29 is 9.53 Å². The Bertz CT molecular complexity index is 579. The van der Waals surface area contributed by atoms with Gasteiger partial charge in [0.25, 0.3) is 5.91 Å². The van der Waals surface area contributed by atoms with Crippen LogP contribution in [-0.4, -0.2) is 35.1 Å². The average molecular weight is 257 g/mol. The lowest BCUT2D eigenvalue weighted by atomic mass is 10.2. The van der Waals surface area contributed by atoms with Crippen molar-refractivity contribution in [2.75, 3.05) is 14.1 Å². The number of nitrogens with zero attached hydrogens (tertiary/aromatic N) is 3. The molecule has 0 fully saturated rings. The summed E-state index contributed by atoms with van der Waals surface area (Å²) in [7, 11) is 3.42. The van der Waals surface area contributed by atoms with Gasteiger partial charge in [-0.05, 0) is 31.2 Å². The SMILES string of the molecule is Cc1ccc(Oc2cccc(C(=O)N(C)C)c2)nn1. The molecule has 0 spiro atoms. The van der Waals surface area contributed by atoms with Crippen LogP contribution >= 0.6 is 0 Å². The number of amides is 1. The summed E-state index contributed by atoms with van der Waals surface area (Å²) in [6.45, 7) is 1.85. The predicted molar refractivity (Wildman–Crippen MR) is 71.3 cm³/mol. The summed E-state index contributed by atoms with van der Waals surface area (Å²) in [6.07, 6.45) is 0. The number of benzene rings is 1. The van der Waals surface area contributed by atoms with Gasteiger partial charge in [-0.15, -0.1) is 5.10 Å². The second-order valence-electron chi connectivity index (χ2n) is 4.34. The molecule has 0 bridgehead atoms. The Morgan fingerprint density at radius 3 is 2.58 bits per heavy atom. The highest BCUT2D eigenvalue weighted by Gasteiger charge is 2.09. The second kappa shape index (κ2) is 5.48. The zero-order chi connectivity index (χ0) is 13.8. The first-order valence-electron chi connectivity index (χ1n) is 5.86. The van der Waals surface area contributed by atoms with Crippen molar-refractivity contribution in [3.05, 3.63) is 47.7 Å². The molecule has 0 aliphatic rings. The first-order valence-corrected chi connectivity index (χ1v) is 5.86. The van der Waals surface area contributed by atoms with Gasteiger partial charge in [-0.2, -0.15) is 5.10 Å². The van der Waals surface area contributed by atoms with Crippen LogP contribution in [0.5, 0.6) is 11.6 Å². The average Bonchev–Trinajstić information content (AvgIpc) is 2.41. The van der Waals surface area contributed by atoms with Crippen LogP contribution in [-0.2, 0) is 0 Å². The standard InChI is InChI=1S/C14H15N3O2/c1-10-7-8-13(16-15-10)19-12-6-4-5-11(9-12)14(18)17(2)3/h4-9H,1-3H3. The van der Waals surface area contributed by atoms with Crippen LogP contribution in [0.25, 0.3) is 0 Å². The minimum atomic E-state index is -0.0690. The van der Waals surface area contributed by atoms with Gasteiger partial charge in [-0.1, -0.05) is 6.07 Å². The third kappa shape index (κ3) is 3.28. The third-order valence-electron chi connectivity index (χ3n) is 2.48. The van der Waals surface area contributed by atoms with E-state index >= 15 is 0 Å². The third-order valence-corrected chi connectivity index (χ3v) is 2.48. The molecule has 0 unspecified atom stereocenters. The molecule has 0 saturated heterocycles. The highest BCUT2D eigenvalue weighted by Crippen LogP contribution is 2.20. The van der Waals surface area contributed by atoms with Gasteiger partial charge in [0.15, 0.2) is 0 Å². The summed E-state index contributed by atoms with van der Waals surface area (Å²) < 4.78 is 5.56. The molecule has 1 heterocycles. The number of hydrogen-bond acceptors (Lipinski definition) is 4. The maximum absolute atomic E-state index is 11.8. The van der Waals surface area contributed by atoms with E-state index in [2.05, 4.69) is 10.2 Å². The van der Waals surface area contributed by atoms with Crippen LogP contribution in [0.4, 0.5) is 0 Å². The van der Waals surface area contributed by atoms with Crippen LogP contribution in [0.3, 0.4) is 0 Å². The van der Waals surface area contributed by atoms with Crippen LogP contribution in [0.2, 0.25) is 0 Å². The largest absolute Gasteiger partial charge is 0.438 e. The van der Waals surface area contributed by atoms with Gasteiger partial charge in [-0.3, -0.25) is 4.79 Å². The molecular weight excluding hydrogens is 242 g/mol. The second-order valence-corrected chi connectivity index (χ2v) is 4.34.